The maximum atomic E-state index is 12.2. The molecule has 2 aromatic carbocycles. The molecule has 0 radical (unpaired) electrons. The fourth-order valence-corrected chi connectivity index (χ4v) is 2.59. The van der Waals surface area contributed by atoms with Gasteiger partial charge in [0.25, 0.3) is 5.91 Å². The van der Waals surface area contributed by atoms with Crippen molar-refractivity contribution in [2.24, 2.45) is 0 Å². The lowest BCUT2D eigenvalue weighted by atomic mass is 10.1. The first kappa shape index (κ1) is 14.6. The van der Waals surface area contributed by atoms with E-state index in [4.69, 9.17) is 5.73 Å². The number of carbonyl (C=O) groups excluding carboxylic acids is 1. The zero-order valence-corrected chi connectivity index (χ0v) is 13.1. The van der Waals surface area contributed by atoms with Gasteiger partial charge in [0, 0.05) is 15.7 Å². The molecule has 1 amide bonds. The number of rotatable bonds is 3. The molecular formula is C16H17BrN2O. The number of nitrogen functional groups attached to an aromatic ring is 1. The van der Waals surface area contributed by atoms with Crippen LogP contribution in [-0.2, 0) is 0 Å². The molecule has 0 heterocycles. The first-order chi connectivity index (χ1) is 9.49. The number of benzene rings is 2. The van der Waals surface area contributed by atoms with Crippen LogP contribution >= 0.6 is 15.9 Å². The molecule has 0 spiro atoms. The lowest BCUT2D eigenvalue weighted by Crippen LogP contribution is -2.27. The summed E-state index contributed by atoms with van der Waals surface area (Å²) >= 11 is 3.49. The highest BCUT2D eigenvalue weighted by molar-refractivity contribution is 9.10. The predicted molar refractivity (Wildman–Crippen MR) is 85.6 cm³/mol. The van der Waals surface area contributed by atoms with Crippen LogP contribution in [0, 0.1) is 6.92 Å². The molecule has 0 saturated heterocycles. The average Bonchev–Trinajstić information content (AvgIpc) is 2.42. The number of amides is 1. The van der Waals surface area contributed by atoms with Crippen LogP contribution in [-0.4, -0.2) is 5.91 Å². The monoisotopic (exact) mass is 332 g/mol. The van der Waals surface area contributed by atoms with Crippen LogP contribution in [0.15, 0.2) is 46.9 Å². The summed E-state index contributed by atoms with van der Waals surface area (Å²) in [5, 5.41) is 2.98. The zero-order chi connectivity index (χ0) is 14.7. The average molecular weight is 333 g/mol. The Morgan fingerprint density at radius 3 is 2.60 bits per heavy atom. The number of hydrogen-bond donors (Lipinski definition) is 2. The quantitative estimate of drug-likeness (QED) is 0.839. The van der Waals surface area contributed by atoms with Gasteiger partial charge in [-0.1, -0.05) is 40.2 Å². The van der Waals surface area contributed by atoms with Crippen LogP contribution in [0.5, 0.6) is 0 Å². The first-order valence-corrected chi connectivity index (χ1v) is 7.19. The Morgan fingerprint density at radius 1 is 1.25 bits per heavy atom. The van der Waals surface area contributed by atoms with Crippen molar-refractivity contribution in [2.45, 2.75) is 19.9 Å². The van der Waals surface area contributed by atoms with Crippen LogP contribution in [0.1, 0.15) is 34.5 Å². The van der Waals surface area contributed by atoms with Crippen LogP contribution in [0.25, 0.3) is 0 Å². The number of carbonyl (C=O) groups is 1. The van der Waals surface area contributed by atoms with Gasteiger partial charge in [-0.25, -0.2) is 0 Å². The molecular weight excluding hydrogens is 316 g/mol. The van der Waals surface area contributed by atoms with Crippen molar-refractivity contribution in [3.63, 3.8) is 0 Å². The summed E-state index contributed by atoms with van der Waals surface area (Å²) in [6.45, 7) is 3.87. The number of hydrogen-bond acceptors (Lipinski definition) is 2. The molecule has 2 aromatic rings. The lowest BCUT2D eigenvalue weighted by Gasteiger charge is -2.16. The smallest absolute Gasteiger partial charge is 0.251 e. The van der Waals surface area contributed by atoms with Crippen molar-refractivity contribution in [1.29, 1.82) is 0 Å². The van der Waals surface area contributed by atoms with Gasteiger partial charge in [-0.2, -0.15) is 0 Å². The number of nitrogens with two attached hydrogens (primary N) is 1. The number of halogens is 1. The van der Waals surface area contributed by atoms with Gasteiger partial charge in [-0.15, -0.1) is 0 Å². The van der Waals surface area contributed by atoms with Gasteiger partial charge >= 0.3 is 0 Å². The highest BCUT2D eigenvalue weighted by atomic mass is 79.9. The molecule has 20 heavy (non-hydrogen) atoms. The van der Waals surface area contributed by atoms with E-state index in [0.717, 1.165) is 15.6 Å². The SMILES string of the molecule is Cc1ccc(C(=O)N[C@@H](C)c2ccccc2Br)cc1N. The van der Waals surface area contributed by atoms with Gasteiger partial charge in [0.15, 0.2) is 0 Å². The minimum atomic E-state index is -0.125. The predicted octanol–water partition coefficient (Wildman–Crippen LogP) is 3.83. The van der Waals surface area contributed by atoms with Gasteiger partial charge in [0.2, 0.25) is 0 Å². The van der Waals surface area contributed by atoms with E-state index < -0.39 is 0 Å². The number of nitrogens with one attached hydrogen (secondary N) is 1. The Kier molecular flexibility index (Phi) is 4.45. The lowest BCUT2D eigenvalue weighted by molar-refractivity contribution is 0.0940. The van der Waals surface area contributed by atoms with Crippen LogP contribution < -0.4 is 11.1 Å². The number of anilines is 1. The Hall–Kier alpha value is -1.81. The normalized spacial score (nSPS) is 11.9. The van der Waals surface area contributed by atoms with E-state index in [2.05, 4.69) is 21.2 Å². The second kappa shape index (κ2) is 6.09. The van der Waals surface area contributed by atoms with Gasteiger partial charge in [0.1, 0.15) is 0 Å². The Morgan fingerprint density at radius 2 is 1.95 bits per heavy atom. The summed E-state index contributed by atoms with van der Waals surface area (Å²) in [5.41, 5.74) is 9.06. The highest BCUT2D eigenvalue weighted by Crippen LogP contribution is 2.23. The van der Waals surface area contributed by atoms with Crippen molar-refractivity contribution in [3.8, 4) is 0 Å². The molecule has 104 valence electrons. The minimum Gasteiger partial charge on any atom is -0.398 e. The van der Waals surface area contributed by atoms with E-state index in [1.54, 1.807) is 12.1 Å². The molecule has 2 rings (SSSR count). The summed E-state index contributed by atoms with van der Waals surface area (Å²) < 4.78 is 0.983. The van der Waals surface area contributed by atoms with Crippen molar-refractivity contribution in [2.75, 3.05) is 5.73 Å². The maximum absolute atomic E-state index is 12.2. The zero-order valence-electron chi connectivity index (χ0n) is 11.5. The van der Waals surface area contributed by atoms with Gasteiger partial charge in [0.05, 0.1) is 6.04 Å². The molecule has 0 aliphatic rings. The van der Waals surface area contributed by atoms with Crippen LogP contribution in [0.4, 0.5) is 5.69 Å². The molecule has 1 atom stereocenters. The van der Waals surface area contributed by atoms with E-state index >= 15 is 0 Å². The van der Waals surface area contributed by atoms with Crippen molar-refractivity contribution in [1.82, 2.24) is 5.32 Å². The molecule has 0 bridgehead atoms. The summed E-state index contributed by atoms with van der Waals surface area (Å²) in [6.07, 6.45) is 0. The summed E-state index contributed by atoms with van der Waals surface area (Å²) in [6, 6.07) is 13.1. The fourth-order valence-electron chi connectivity index (χ4n) is 1.97. The highest BCUT2D eigenvalue weighted by Gasteiger charge is 2.13. The summed E-state index contributed by atoms with van der Waals surface area (Å²) in [7, 11) is 0. The van der Waals surface area contributed by atoms with E-state index in [-0.39, 0.29) is 11.9 Å². The summed E-state index contributed by atoms with van der Waals surface area (Å²) in [4.78, 5) is 12.2. The third kappa shape index (κ3) is 3.20. The molecule has 0 aliphatic heterocycles. The largest absolute Gasteiger partial charge is 0.398 e. The Balaban J connectivity index is 2.15. The molecule has 0 aromatic heterocycles. The van der Waals surface area contributed by atoms with Gasteiger partial charge < -0.3 is 11.1 Å². The van der Waals surface area contributed by atoms with Gasteiger partial charge in [-0.05, 0) is 43.2 Å². The Bertz CT molecular complexity index is 640. The molecule has 0 aliphatic carbocycles. The van der Waals surface area contributed by atoms with E-state index in [1.807, 2.05) is 44.2 Å². The number of aryl methyl sites for hydroxylation is 1. The third-order valence-electron chi connectivity index (χ3n) is 3.26. The maximum Gasteiger partial charge on any atom is 0.251 e. The minimum absolute atomic E-state index is 0.0828. The third-order valence-corrected chi connectivity index (χ3v) is 3.98. The van der Waals surface area contributed by atoms with Crippen molar-refractivity contribution in [3.05, 3.63) is 63.6 Å². The fraction of sp³-hybridized carbons (Fsp3) is 0.188. The molecule has 0 unspecified atom stereocenters. The van der Waals surface area contributed by atoms with Crippen molar-refractivity contribution < 1.29 is 4.79 Å². The first-order valence-electron chi connectivity index (χ1n) is 6.40. The standard InChI is InChI=1S/C16H17BrN2O/c1-10-7-8-12(9-15(10)18)16(20)19-11(2)13-5-3-4-6-14(13)17/h3-9,11H,18H2,1-2H3,(H,19,20)/t11-/m0/s1. The van der Waals surface area contributed by atoms with E-state index in [1.165, 1.54) is 0 Å². The van der Waals surface area contributed by atoms with E-state index in [0.29, 0.717) is 11.3 Å². The second-order valence-electron chi connectivity index (χ2n) is 4.79. The summed E-state index contributed by atoms with van der Waals surface area (Å²) in [5.74, 6) is -0.125. The molecule has 0 saturated carbocycles. The molecule has 4 heteroatoms. The van der Waals surface area contributed by atoms with E-state index in [9.17, 15) is 4.79 Å². The topological polar surface area (TPSA) is 55.1 Å². The molecule has 3 N–H and O–H groups in total. The Labute approximate surface area is 127 Å². The van der Waals surface area contributed by atoms with Gasteiger partial charge in [-0.3, -0.25) is 4.79 Å². The molecule has 0 fully saturated rings. The van der Waals surface area contributed by atoms with Crippen LogP contribution in [0.2, 0.25) is 0 Å². The second-order valence-corrected chi connectivity index (χ2v) is 5.64. The van der Waals surface area contributed by atoms with Crippen molar-refractivity contribution >= 4 is 27.5 Å². The molecule has 3 nitrogen and oxygen atoms in total. The van der Waals surface area contributed by atoms with Crippen LogP contribution in [0.3, 0.4) is 0 Å².